The van der Waals surface area contributed by atoms with Crippen LogP contribution in [0.25, 0.3) is 11.1 Å². The first-order valence-electron chi connectivity index (χ1n) is 11.6. The van der Waals surface area contributed by atoms with Crippen LogP contribution >= 0.6 is 0 Å². The molecule has 0 aromatic heterocycles. The fraction of sp³-hybridized carbons (Fsp3) is 0.310. The second-order valence-corrected chi connectivity index (χ2v) is 8.14. The van der Waals surface area contributed by atoms with Gasteiger partial charge in [-0.2, -0.15) is 0 Å². The Hall–Kier alpha value is -2.88. The molecule has 0 fully saturated rings. The minimum absolute atomic E-state index is 0.278. The molecule has 0 heterocycles. The molecular weight excluding hydrogens is 394 g/mol. The molecule has 3 nitrogen and oxygen atoms in total. The van der Waals surface area contributed by atoms with Crippen LogP contribution in [-0.4, -0.2) is 42.9 Å². The summed E-state index contributed by atoms with van der Waals surface area (Å²) in [7, 11) is 2.01. The average molecular weight is 430 g/mol. The molecule has 0 aliphatic rings. The molecule has 3 aromatic carbocycles. The molecule has 0 radical (unpaired) electrons. The molecule has 0 bridgehead atoms. The SMILES string of the molecule is CC/C(=C(\c1ccccc1)c1ccc(OCCN(C)CC(O)CC)cc1)c1ccccc1. The standard InChI is InChI=1S/C29H35NO2/c1-4-26(31)22-30(3)20-21-32-27-18-16-25(17-19-27)29(24-14-10-7-11-15-24)28(5-2)23-12-8-6-9-13-23/h6-19,26,31H,4-5,20-22H2,1-3H3/b29-28-. The van der Waals surface area contributed by atoms with Gasteiger partial charge >= 0.3 is 0 Å². The molecule has 32 heavy (non-hydrogen) atoms. The molecule has 3 heteroatoms. The average Bonchev–Trinajstić information content (AvgIpc) is 2.84. The minimum atomic E-state index is -0.278. The first-order valence-corrected chi connectivity index (χ1v) is 11.6. The summed E-state index contributed by atoms with van der Waals surface area (Å²) in [6.07, 6.45) is 1.44. The van der Waals surface area contributed by atoms with Gasteiger partial charge in [-0.05, 0) is 59.9 Å². The van der Waals surface area contributed by atoms with Gasteiger partial charge in [-0.3, -0.25) is 0 Å². The molecule has 1 unspecified atom stereocenters. The van der Waals surface area contributed by atoms with Crippen molar-refractivity contribution in [1.82, 2.24) is 4.90 Å². The summed E-state index contributed by atoms with van der Waals surface area (Å²) in [6, 6.07) is 29.6. The van der Waals surface area contributed by atoms with E-state index < -0.39 is 0 Å². The topological polar surface area (TPSA) is 32.7 Å². The third-order valence-electron chi connectivity index (χ3n) is 5.72. The number of hydrogen-bond donors (Lipinski definition) is 1. The lowest BCUT2D eigenvalue weighted by atomic mass is 9.88. The van der Waals surface area contributed by atoms with E-state index in [9.17, 15) is 5.11 Å². The highest BCUT2D eigenvalue weighted by atomic mass is 16.5. The van der Waals surface area contributed by atoms with Crippen LogP contribution in [0.5, 0.6) is 5.75 Å². The van der Waals surface area contributed by atoms with E-state index in [1.165, 1.54) is 27.8 Å². The molecule has 0 saturated heterocycles. The number of nitrogens with zero attached hydrogens (tertiary/aromatic N) is 1. The van der Waals surface area contributed by atoms with Crippen molar-refractivity contribution in [3.8, 4) is 5.75 Å². The summed E-state index contributed by atoms with van der Waals surface area (Å²) in [5, 5.41) is 9.78. The molecule has 0 saturated carbocycles. The third-order valence-corrected chi connectivity index (χ3v) is 5.72. The van der Waals surface area contributed by atoms with Crippen molar-refractivity contribution in [2.75, 3.05) is 26.7 Å². The van der Waals surface area contributed by atoms with Gasteiger partial charge in [0, 0.05) is 13.1 Å². The highest BCUT2D eigenvalue weighted by Gasteiger charge is 2.13. The van der Waals surface area contributed by atoms with Crippen molar-refractivity contribution < 1.29 is 9.84 Å². The normalized spacial score (nSPS) is 13.0. The van der Waals surface area contributed by atoms with Crippen LogP contribution in [0.2, 0.25) is 0 Å². The van der Waals surface area contributed by atoms with Crippen LogP contribution in [0, 0.1) is 0 Å². The van der Waals surface area contributed by atoms with Gasteiger partial charge in [0.05, 0.1) is 6.10 Å². The lowest BCUT2D eigenvalue weighted by Gasteiger charge is -2.20. The van der Waals surface area contributed by atoms with E-state index in [-0.39, 0.29) is 6.10 Å². The lowest BCUT2D eigenvalue weighted by molar-refractivity contribution is 0.114. The Labute approximate surface area is 193 Å². The number of ether oxygens (including phenoxy) is 1. The first-order chi connectivity index (χ1) is 15.6. The summed E-state index contributed by atoms with van der Waals surface area (Å²) < 4.78 is 5.96. The molecule has 0 spiro atoms. The smallest absolute Gasteiger partial charge is 0.119 e. The number of aliphatic hydroxyl groups excluding tert-OH is 1. The number of rotatable bonds is 11. The van der Waals surface area contributed by atoms with Gasteiger partial charge in [0.25, 0.3) is 0 Å². The number of hydrogen-bond acceptors (Lipinski definition) is 3. The van der Waals surface area contributed by atoms with Crippen molar-refractivity contribution in [3.63, 3.8) is 0 Å². The highest BCUT2D eigenvalue weighted by Crippen LogP contribution is 2.34. The summed E-state index contributed by atoms with van der Waals surface area (Å²) in [6.45, 7) is 6.26. The number of aliphatic hydroxyl groups is 1. The molecular formula is C29H35NO2. The number of allylic oxidation sites excluding steroid dienone is 1. The summed E-state index contributed by atoms with van der Waals surface area (Å²) >= 11 is 0. The number of likely N-dealkylation sites (N-methyl/N-ethyl adjacent to an activating group) is 1. The second-order valence-electron chi connectivity index (χ2n) is 8.14. The number of benzene rings is 3. The molecule has 3 aromatic rings. The second kappa shape index (κ2) is 12.2. The van der Waals surface area contributed by atoms with E-state index in [2.05, 4.69) is 96.8 Å². The Kier molecular flexibility index (Phi) is 9.09. The maximum absolute atomic E-state index is 9.78. The maximum Gasteiger partial charge on any atom is 0.119 e. The summed E-state index contributed by atoms with van der Waals surface area (Å²) in [5.74, 6) is 0.864. The molecule has 3 rings (SSSR count). The maximum atomic E-state index is 9.78. The molecule has 1 N–H and O–H groups in total. The van der Waals surface area contributed by atoms with E-state index in [1.54, 1.807) is 0 Å². The van der Waals surface area contributed by atoms with Crippen molar-refractivity contribution >= 4 is 11.1 Å². The largest absolute Gasteiger partial charge is 0.492 e. The zero-order valence-corrected chi connectivity index (χ0v) is 19.5. The summed E-state index contributed by atoms with van der Waals surface area (Å²) in [4.78, 5) is 2.10. The van der Waals surface area contributed by atoms with E-state index in [0.717, 1.165) is 25.1 Å². The Balaban J connectivity index is 1.81. The lowest BCUT2D eigenvalue weighted by Crippen LogP contribution is -2.31. The third kappa shape index (κ3) is 6.56. The zero-order chi connectivity index (χ0) is 22.8. The van der Waals surface area contributed by atoms with Gasteiger partial charge in [-0.15, -0.1) is 0 Å². The van der Waals surface area contributed by atoms with E-state index in [0.29, 0.717) is 13.2 Å². The fourth-order valence-electron chi connectivity index (χ4n) is 3.90. The van der Waals surface area contributed by atoms with E-state index in [4.69, 9.17) is 4.74 Å². The fourth-order valence-corrected chi connectivity index (χ4v) is 3.90. The minimum Gasteiger partial charge on any atom is -0.492 e. The van der Waals surface area contributed by atoms with Gasteiger partial charge in [0.2, 0.25) is 0 Å². The van der Waals surface area contributed by atoms with Gasteiger partial charge in [0.1, 0.15) is 12.4 Å². The van der Waals surface area contributed by atoms with Crippen molar-refractivity contribution in [3.05, 3.63) is 102 Å². The van der Waals surface area contributed by atoms with Crippen molar-refractivity contribution in [2.45, 2.75) is 32.8 Å². The summed E-state index contributed by atoms with van der Waals surface area (Å²) in [5.41, 5.74) is 6.26. The van der Waals surface area contributed by atoms with Crippen LogP contribution in [0.1, 0.15) is 43.4 Å². The highest BCUT2D eigenvalue weighted by molar-refractivity contribution is 5.98. The van der Waals surface area contributed by atoms with Crippen molar-refractivity contribution in [2.24, 2.45) is 0 Å². The predicted octanol–water partition coefficient (Wildman–Crippen LogP) is 6.14. The van der Waals surface area contributed by atoms with Gasteiger partial charge < -0.3 is 14.7 Å². The van der Waals surface area contributed by atoms with Gasteiger partial charge in [0.15, 0.2) is 0 Å². The quantitative estimate of drug-likeness (QED) is 0.372. The Bertz CT molecular complexity index is 965. The van der Waals surface area contributed by atoms with E-state index >= 15 is 0 Å². The van der Waals surface area contributed by atoms with Crippen LogP contribution in [0.3, 0.4) is 0 Å². The van der Waals surface area contributed by atoms with Crippen molar-refractivity contribution in [1.29, 1.82) is 0 Å². The van der Waals surface area contributed by atoms with Crippen LogP contribution < -0.4 is 4.74 Å². The van der Waals surface area contributed by atoms with Crippen LogP contribution in [0.15, 0.2) is 84.9 Å². The monoisotopic (exact) mass is 429 g/mol. The Morgan fingerprint density at radius 1 is 0.812 bits per heavy atom. The van der Waals surface area contributed by atoms with Crippen LogP contribution in [0.4, 0.5) is 0 Å². The molecule has 1 atom stereocenters. The zero-order valence-electron chi connectivity index (χ0n) is 19.5. The van der Waals surface area contributed by atoms with E-state index in [1.807, 2.05) is 14.0 Å². The molecule has 0 amide bonds. The Morgan fingerprint density at radius 3 is 1.94 bits per heavy atom. The predicted molar refractivity (Wildman–Crippen MR) is 135 cm³/mol. The Morgan fingerprint density at radius 2 is 1.38 bits per heavy atom. The molecule has 0 aliphatic heterocycles. The molecule has 168 valence electrons. The van der Waals surface area contributed by atoms with Gasteiger partial charge in [-0.1, -0.05) is 86.6 Å². The van der Waals surface area contributed by atoms with Gasteiger partial charge in [-0.25, -0.2) is 0 Å². The first kappa shape index (κ1) is 23.8. The molecule has 0 aliphatic carbocycles. The van der Waals surface area contributed by atoms with Crippen LogP contribution in [-0.2, 0) is 0 Å².